The second-order valence-electron chi connectivity index (χ2n) is 6.73. The number of hydrogen-bond acceptors (Lipinski definition) is 6. The maximum atomic E-state index is 13.3. The van der Waals surface area contributed by atoms with Crippen molar-refractivity contribution in [1.29, 1.82) is 0 Å². The fraction of sp³-hybridized carbons (Fsp3) is 0.0833. The topological polar surface area (TPSA) is 81.1 Å². The monoisotopic (exact) mass is 444 g/mol. The lowest BCUT2D eigenvalue weighted by molar-refractivity contribution is 0.340. The molecule has 0 atom stereocenters. The van der Waals surface area contributed by atoms with Gasteiger partial charge in [0.1, 0.15) is 5.75 Å². The van der Waals surface area contributed by atoms with E-state index < -0.39 is 5.56 Å². The fourth-order valence-electron chi connectivity index (χ4n) is 3.17. The normalized spacial score (nSPS) is 11.0. The number of rotatable bonds is 6. The summed E-state index contributed by atoms with van der Waals surface area (Å²) in [6.45, 7) is 2.46. The molecule has 1 aromatic heterocycles. The summed E-state index contributed by atoms with van der Waals surface area (Å²) in [6.07, 6.45) is 0. The van der Waals surface area contributed by atoms with Gasteiger partial charge < -0.3 is 9.84 Å². The lowest BCUT2D eigenvalue weighted by Crippen LogP contribution is -2.23. The third-order valence-electron chi connectivity index (χ3n) is 4.65. The van der Waals surface area contributed by atoms with Gasteiger partial charge in [-0.1, -0.05) is 36.4 Å². The summed E-state index contributed by atoms with van der Waals surface area (Å²) < 4.78 is 8.27. The Hall–Kier alpha value is -4.04. The van der Waals surface area contributed by atoms with Gasteiger partial charge in [0, 0.05) is 0 Å². The van der Waals surface area contributed by atoms with E-state index in [1.165, 1.54) is 9.13 Å². The van der Waals surface area contributed by atoms with Crippen LogP contribution in [0.3, 0.4) is 0 Å². The first-order valence-electron chi connectivity index (χ1n) is 9.96. The largest absolute Gasteiger partial charge is 0.494 e. The zero-order chi connectivity index (χ0) is 22.5. The predicted molar refractivity (Wildman–Crippen MR) is 126 cm³/mol. The second kappa shape index (κ2) is 9.40. The summed E-state index contributed by atoms with van der Waals surface area (Å²) in [6, 6.07) is 25.0. The molecule has 0 aliphatic heterocycles. The first kappa shape index (κ1) is 21.2. The van der Waals surface area contributed by atoms with E-state index in [4.69, 9.17) is 17.0 Å². The summed E-state index contributed by atoms with van der Waals surface area (Å²) in [7, 11) is 0. The Morgan fingerprint density at radius 1 is 0.844 bits per heavy atom. The molecule has 0 bridgehead atoms. The summed E-state index contributed by atoms with van der Waals surface area (Å²) in [5, 5.41) is 19.2. The molecule has 0 radical (unpaired) electrons. The summed E-state index contributed by atoms with van der Waals surface area (Å²) in [4.78, 5) is 13.3. The Kier molecular flexibility index (Phi) is 6.23. The quantitative estimate of drug-likeness (QED) is 0.298. The number of ether oxygens (including phenoxy) is 1. The summed E-state index contributed by atoms with van der Waals surface area (Å²) >= 11 is 5.59. The van der Waals surface area contributed by atoms with Crippen LogP contribution in [0.2, 0.25) is 0 Å². The standard InChI is InChI=1S/C24H20N4O3S/c1-2-31-20-15-13-17(14-16-20)25-26-21-22(29)27(18-9-5-3-6-10-18)24(32)28(23(21)30)19-11-7-4-8-12-19/h3-16,29H,2H2,1H3. The van der Waals surface area contributed by atoms with Gasteiger partial charge in [-0.05, 0) is 67.7 Å². The molecular weight excluding hydrogens is 424 g/mol. The van der Waals surface area contributed by atoms with E-state index in [2.05, 4.69) is 10.2 Å². The molecule has 7 nitrogen and oxygen atoms in total. The van der Waals surface area contributed by atoms with Gasteiger partial charge in [-0.3, -0.25) is 13.9 Å². The second-order valence-corrected chi connectivity index (χ2v) is 7.09. The maximum absolute atomic E-state index is 13.3. The zero-order valence-electron chi connectivity index (χ0n) is 17.3. The molecule has 0 aliphatic rings. The highest BCUT2D eigenvalue weighted by Gasteiger charge is 2.19. The van der Waals surface area contributed by atoms with Crippen LogP contribution in [-0.4, -0.2) is 20.8 Å². The van der Waals surface area contributed by atoms with Crippen LogP contribution >= 0.6 is 12.2 Å². The SMILES string of the molecule is CCOc1ccc(N=Nc2c(O)n(-c3ccccc3)c(=S)n(-c3ccccc3)c2=O)cc1. The van der Waals surface area contributed by atoms with Crippen molar-refractivity contribution in [2.75, 3.05) is 6.61 Å². The molecule has 160 valence electrons. The Morgan fingerprint density at radius 3 is 1.97 bits per heavy atom. The molecule has 0 saturated heterocycles. The number of azo groups is 1. The molecule has 0 aliphatic carbocycles. The summed E-state index contributed by atoms with van der Waals surface area (Å²) in [5.41, 5.74) is 0.870. The van der Waals surface area contributed by atoms with Gasteiger partial charge in [0.25, 0.3) is 5.56 Å². The van der Waals surface area contributed by atoms with E-state index in [1.807, 2.05) is 31.2 Å². The average Bonchev–Trinajstić information content (AvgIpc) is 2.82. The van der Waals surface area contributed by atoms with Gasteiger partial charge >= 0.3 is 0 Å². The van der Waals surface area contributed by atoms with E-state index in [1.54, 1.807) is 60.7 Å². The minimum Gasteiger partial charge on any atom is -0.494 e. The van der Waals surface area contributed by atoms with E-state index >= 15 is 0 Å². The minimum atomic E-state index is -0.569. The Bertz CT molecular complexity index is 1360. The molecule has 0 fully saturated rings. The van der Waals surface area contributed by atoms with Crippen molar-refractivity contribution >= 4 is 23.6 Å². The number of benzene rings is 3. The van der Waals surface area contributed by atoms with Crippen LogP contribution in [-0.2, 0) is 0 Å². The molecule has 0 unspecified atom stereocenters. The van der Waals surface area contributed by atoms with Gasteiger partial charge in [0.15, 0.2) is 4.77 Å². The van der Waals surface area contributed by atoms with E-state index in [0.29, 0.717) is 29.4 Å². The van der Waals surface area contributed by atoms with Crippen LogP contribution in [0.1, 0.15) is 6.92 Å². The number of aromatic nitrogens is 2. The average molecular weight is 445 g/mol. The Labute approximate surface area is 189 Å². The minimum absolute atomic E-state index is 0.116. The first-order valence-corrected chi connectivity index (χ1v) is 10.4. The lowest BCUT2D eigenvalue weighted by atomic mass is 10.3. The molecule has 3 aromatic carbocycles. The van der Waals surface area contributed by atoms with Crippen molar-refractivity contribution in [1.82, 2.24) is 9.13 Å². The van der Waals surface area contributed by atoms with Gasteiger partial charge in [-0.25, -0.2) is 0 Å². The molecule has 4 aromatic rings. The van der Waals surface area contributed by atoms with Crippen molar-refractivity contribution in [2.45, 2.75) is 6.92 Å². The Morgan fingerprint density at radius 2 is 1.41 bits per heavy atom. The van der Waals surface area contributed by atoms with E-state index in [-0.39, 0.29) is 16.3 Å². The molecule has 1 heterocycles. The van der Waals surface area contributed by atoms with Gasteiger partial charge in [0.05, 0.1) is 23.7 Å². The zero-order valence-corrected chi connectivity index (χ0v) is 18.1. The molecule has 0 saturated carbocycles. The smallest absolute Gasteiger partial charge is 0.290 e. The molecule has 32 heavy (non-hydrogen) atoms. The van der Waals surface area contributed by atoms with E-state index in [0.717, 1.165) is 0 Å². The maximum Gasteiger partial charge on any atom is 0.290 e. The third-order valence-corrected chi connectivity index (χ3v) is 5.02. The van der Waals surface area contributed by atoms with Crippen molar-refractivity contribution in [3.05, 3.63) is 100 Å². The summed E-state index contributed by atoms with van der Waals surface area (Å²) in [5.74, 6) is 0.325. The van der Waals surface area contributed by atoms with Crippen molar-refractivity contribution in [3.63, 3.8) is 0 Å². The number of para-hydroxylation sites is 2. The molecule has 4 rings (SSSR count). The van der Waals surface area contributed by atoms with Crippen LogP contribution in [0.15, 0.2) is 100.0 Å². The highest BCUT2D eigenvalue weighted by Crippen LogP contribution is 2.29. The Balaban J connectivity index is 1.90. The number of aromatic hydroxyl groups is 1. The van der Waals surface area contributed by atoms with E-state index in [9.17, 15) is 9.90 Å². The highest BCUT2D eigenvalue weighted by atomic mass is 32.1. The van der Waals surface area contributed by atoms with Crippen molar-refractivity contribution in [3.8, 4) is 23.0 Å². The molecule has 0 spiro atoms. The fourth-order valence-corrected chi connectivity index (χ4v) is 3.55. The van der Waals surface area contributed by atoms with Gasteiger partial charge in [-0.15, -0.1) is 5.11 Å². The molecule has 0 amide bonds. The lowest BCUT2D eigenvalue weighted by Gasteiger charge is -2.15. The number of hydrogen-bond donors (Lipinski definition) is 1. The first-order chi connectivity index (χ1) is 15.6. The van der Waals surface area contributed by atoms with Crippen LogP contribution in [0.25, 0.3) is 11.4 Å². The highest BCUT2D eigenvalue weighted by molar-refractivity contribution is 7.71. The molecule has 1 N–H and O–H groups in total. The van der Waals surface area contributed by atoms with Crippen molar-refractivity contribution < 1.29 is 9.84 Å². The van der Waals surface area contributed by atoms with Crippen LogP contribution in [0.5, 0.6) is 11.6 Å². The van der Waals surface area contributed by atoms with Crippen LogP contribution in [0.4, 0.5) is 11.4 Å². The third kappa shape index (κ3) is 4.21. The number of nitrogens with zero attached hydrogens (tertiary/aromatic N) is 4. The van der Waals surface area contributed by atoms with Gasteiger partial charge in [-0.2, -0.15) is 5.11 Å². The van der Waals surface area contributed by atoms with Crippen molar-refractivity contribution in [2.24, 2.45) is 10.2 Å². The van der Waals surface area contributed by atoms with Crippen LogP contribution in [0, 0.1) is 4.77 Å². The molecule has 8 heteroatoms. The van der Waals surface area contributed by atoms with Gasteiger partial charge in [0.2, 0.25) is 11.6 Å². The molecular formula is C24H20N4O3S. The predicted octanol–water partition coefficient (Wildman–Crippen LogP) is 5.88. The van der Waals surface area contributed by atoms with Crippen LogP contribution < -0.4 is 10.3 Å².